The molecule has 0 heterocycles. The number of anilines is 1. The van der Waals surface area contributed by atoms with Gasteiger partial charge in [0, 0.05) is 0 Å². The third-order valence-electron chi connectivity index (χ3n) is 1.97. The van der Waals surface area contributed by atoms with Gasteiger partial charge in [-0.3, -0.25) is 4.79 Å². The van der Waals surface area contributed by atoms with E-state index in [0.29, 0.717) is 18.2 Å². The molecule has 94 valence electrons. The number of amides is 1. The summed E-state index contributed by atoms with van der Waals surface area (Å²) in [5.74, 6) is -1.71. The maximum atomic E-state index is 13.2. The minimum atomic E-state index is -4.60. The zero-order valence-electron chi connectivity index (χ0n) is 8.81. The van der Waals surface area contributed by atoms with Crippen molar-refractivity contribution in [2.75, 3.05) is 5.32 Å². The van der Waals surface area contributed by atoms with Crippen molar-refractivity contribution in [3.05, 3.63) is 29.6 Å². The molecule has 7 heteroatoms. The van der Waals surface area contributed by atoms with Crippen molar-refractivity contribution in [3.63, 3.8) is 0 Å². The van der Waals surface area contributed by atoms with Crippen LogP contribution < -0.4 is 11.1 Å². The van der Waals surface area contributed by atoms with Gasteiger partial charge in [-0.1, -0.05) is 0 Å². The molecule has 1 rings (SSSR count). The Balaban J connectivity index is 3.03. The normalized spacial score (nSPS) is 13.3. The lowest BCUT2D eigenvalue weighted by Gasteiger charge is -2.12. The molecule has 0 aliphatic heterocycles. The van der Waals surface area contributed by atoms with E-state index < -0.39 is 35.2 Å². The minimum Gasteiger partial charge on any atom is -0.322 e. The molecular weight excluding hydrogens is 240 g/mol. The summed E-state index contributed by atoms with van der Waals surface area (Å²) in [6.45, 7) is 1.33. The molecule has 1 amide bonds. The zero-order valence-corrected chi connectivity index (χ0v) is 8.81. The van der Waals surface area contributed by atoms with Crippen LogP contribution in [0.4, 0.5) is 23.2 Å². The van der Waals surface area contributed by atoms with Gasteiger partial charge in [0.25, 0.3) is 0 Å². The molecule has 0 aromatic heterocycles. The molecule has 1 atom stereocenters. The van der Waals surface area contributed by atoms with Crippen molar-refractivity contribution in [1.29, 1.82) is 0 Å². The minimum absolute atomic E-state index is 0.523. The van der Waals surface area contributed by atoms with Crippen molar-refractivity contribution in [3.8, 4) is 0 Å². The highest BCUT2D eigenvalue weighted by molar-refractivity contribution is 5.94. The number of halogens is 4. The summed E-state index contributed by atoms with van der Waals surface area (Å²) in [5.41, 5.74) is 3.62. The first kappa shape index (κ1) is 13.4. The summed E-state index contributed by atoms with van der Waals surface area (Å²) in [6, 6.07) is 0.815. The third-order valence-corrected chi connectivity index (χ3v) is 1.97. The van der Waals surface area contributed by atoms with Gasteiger partial charge in [-0.15, -0.1) is 0 Å². The summed E-state index contributed by atoms with van der Waals surface area (Å²) in [5, 5.41) is 1.98. The number of alkyl halides is 3. The lowest BCUT2D eigenvalue weighted by molar-refractivity contribution is -0.137. The van der Waals surface area contributed by atoms with Gasteiger partial charge in [0.1, 0.15) is 5.82 Å². The molecule has 1 aromatic rings. The Morgan fingerprint density at radius 3 is 2.47 bits per heavy atom. The number of hydrogen-bond donors (Lipinski definition) is 2. The fourth-order valence-corrected chi connectivity index (χ4v) is 1.04. The van der Waals surface area contributed by atoms with E-state index in [1.807, 2.05) is 5.32 Å². The number of rotatable bonds is 2. The van der Waals surface area contributed by atoms with Crippen molar-refractivity contribution in [1.82, 2.24) is 0 Å². The smallest absolute Gasteiger partial charge is 0.322 e. The molecule has 0 saturated heterocycles. The maximum absolute atomic E-state index is 13.2. The predicted octanol–water partition coefficient (Wildman–Crippen LogP) is 2.13. The van der Waals surface area contributed by atoms with Crippen LogP contribution in [0.3, 0.4) is 0 Å². The van der Waals surface area contributed by atoms with E-state index >= 15 is 0 Å². The predicted molar refractivity (Wildman–Crippen MR) is 53.7 cm³/mol. The van der Waals surface area contributed by atoms with Crippen LogP contribution in [0.5, 0.6) is 0 Å². The van der Waals surface area contributed by atoms with E-state index in [1.165, 1.54) is 6.92 Å². The number of carbonyl (C=O) groups excluding carboxylic acids is 1. The summed E-state index contributed by atoms with van der Waals surface area (Å²) in [7, 11) is 0. The lowest BCUT2D eigenvalue weighted by atomic mass is 10.2. The molecule has 3 nitrogen and oxygen atoms in total. The van der Waals surface area contributed by atoms with Gasteiger partial charge in [0.2, 0.25) is 5.91 Å². The van der Waals surface area contributed by atoms with Gasteiger partial charge < -0.3 is 11.1 Å². The first-order valence-electron chi connectivity index (χ1n) is 4.65. The Hall–Kier alpha value is -1.63. The summed E-state index contributed by atoms with van der Waals surface area (Å²) in [6.07, 6.45) is -4.60. The lowest BCUT2D eigenvalue weighted by Crippen LogP contribution is -2.32. The van der Waals surface area contributed by atoms with Crippen molar-refractivity contribution in [2.45, 2.75) is 19.1 Å². The van der Waals surface area contributed by atoms with Crippen LogP contribution in [0.2, 0.25) is 0 Å². The van der Waals surface area contributed by atoms with Gasteiger partial charge in [0.05, 0.1) is 17.3 Å². The second-order valence-electron chi connectivity index (χ2n) is 3.47. The molecule has 0 spiro atoms. The molecule has 1 aromatic carbocycles. The molecule has 0 unspecified atom stereocenters. The van der Waals surface area contributed by atoms with Crippen molar-refractivity contribution >= 4 is 11.6 Å². The molecule has 0 radical (unpaired) electrons. The second-order valence-corrected chi connectivity index (χ2v) is 3.47. The topological polar surface area (TPSA) is 55.1 Å². The summed E-state index contributed by atoms with van der Waals surface area (Å²) >= 11 is 0. The molecule has 0 saturated carbocycles. The van der Waals surface area contributed by atoms with E-state index in [1.54, 1.807) is 0 Å². The number of nitrogens with one attached hydrogen (secondary N) is 1. The summed E-state index contributed by atoms with van der Waals surface area (Å²) < 4.78 is 50.2. The number of nitrogens with two attached hydrogens (primary N) is 1. The highest BCUT2D eigenvalue weighted by Gasteiger charge is 2.31. The van der Waals surface area contributed by atoms with E-state index in [-0.39, 0.29) is 0 Å². The highest BCUT2D eigenvalue weighted by Crippen LogP contribution is 2.31. The monoisotopic (exact) mass is 250 g/mol. The van der Waals surface area contributed by atoms with Crippen molar-refractivity contribution in [2.24, 2.45) is 5.73 Å². The molecule has 0 bridgehead atoms. The third kappa shape index (κ3) is 3.42. The van der Waals surface area contributed by atoms with E-state index in [2.05, 4.69) is 0 Å². The molecule has 3 N–H and O–H groups in total. The van der Waals surface area contributed by atoms with Gasteiger partial charge in [-0.05, 0) is 25.1 Å². The van der Waals surface area contributed by atoms with Crippen LogP contribution in [-0.2, 0) is 11.0 Å². The first-order chi connectivity index (χ1) is 7.71. The largest absolute Gasteiger partial charge is 0.416 e. The Bertz CT molecular complexity index is 429. The van der Waals surface area contributed by atoms with Crippen LogP contribution in [0.1, 0.15) is 12.5 Å². The molecule has 0 fully saturated rings. The van der Waals surface area contributed by atoms with Gasteiger partial charge in [-0.25, -0.2) is 4.39 Å². The Kier molecular flexibility index (Phi) is 3.72. The molecular formula is C10H10F4N2O. The second kappa shape index (κ2) is 4.70. The average molecular weight is 250 g/mol. The van der Waals surface area contributed by atoms with E-state index in [0.717, 1.165) is 0 Å². The Morgan fingerprint density at radius 2 is 2.00 bits per heavy atom. The number of hydrogen-bond acceptors (Lipinski definition) is 2. The van der Waals surface area contributed by atoms with Crippen LogP contribution in [0, 0.1) is 5.82 Å². The number of carbonyl (C=O) groups is 1. The molecule has 0 aliphatic carbocycles. The SMILES string of the molecule is C[C@@H](N)C(=O)Nc1cc(C(F)(F)F)ccc1F. The van der Waals surface area contributed by atoms with Crippen LogP contribution in [0.15, 0.2) is 18.2 Å². The molecule has 17 heavy (non-hydrogen) atoms. The van der Waals surface area contributed by atoms with Gasteiger partial charge in [0.15, 0.2) is 0 Å². The van der Waals surface area contributed by atoms with Crippen LogP contribution in [0.25, 0.3) is 0 Å². The summed E-state index contributed by atoms with van der Waals surface area (Å²) in [4.78, 5) is 11.1. The zero-order chi connectivity index (χ0) is 13.2. The van der Waals surface area contributed by atoms with Crippen LogP contribution >= 0.6 is 0 Å². The fraction of sp³-hybridized carbons (Fsp3) is 0.300. The van der Waals surface area contributed by atoms with E-state index in [4.69, 9.17) is 5.73 Å². The Morgan fingerprint density at radius 1 is 1.41 bits per heavy atom. The average Bonchev–Trinajstić information content (AvgIpc) is 2.19. The highest BCUT2D eigenvalue weighted by atomic mass is 19.4. The first-order valence-corrected chi connectivity index (χ1v) is 4.65. The maximum Gasteiger partial charge on any atom is 0.416 e. The van der Waals surface area contributed by atoms with Crippen LogP contribution in [-0.4, -0.2) is 11.9 Å². The van der Waals surface area contributed by atoms with Gasteiger partial charge >= 0.3 is 6.18 Å². The van der Waals surface area contributed by atoms with Crippen molar-refractivity contribution < 1.29 is 22.4 Å². The quantitative estimate of drug-likeness (QED) is 0.790. The molecule has 0 aliphatic rings. The number of benzene rings is 1. The fourth-order valence-electron chi connectivity index (χ4n) is 1.04. The Labute approximate surface area is 94.6 Å². The van der Waals surface area contributed by atoms with E-state index in [9.17, 15) is 22.4 Å². The standard InChI is InChI=1S/C10H10F4N2O/c1-5(15)9(17)16-8-4-6(10(12,13)14)2-3-7(8)11/h2-5H,15H2,1H3,(H,16,17)/t5-/m1/s1. The van der Waals surface area contributed by atoms with Gasteiger partial charge in [-0.2, -0.15) is 13.2 Å².